The van der Waals surface area contributed by atoms with Crippen LogP contribution in [0.5, 0.6) is 17.2 Å². The molecule has 118 valence electrons. The highest BCUT2D eigenvalue weighted by molar-refractivity contribution is 5.91. The predicted molar refractivity (Wildman–Crippen MR) is 86.4 cm³/mol. The molecule has 0 saturated heterocycles. The van der Waals surface area contributed by atoms with Crippen LogP contribution >= 0.6 is 0 Å². The molecule has 0 fully saturated rings. The van der Waals surface area contributed by atoms with Crippen LogP contribution < -0.4 is 19.5 Å². The number of hydrogen-bond donors (Lipinski definition) is 1. The van der Waals surface area contributed by atoms with Crippen molar-refractivity contribution in [3.05, 3.63) is 59.7 Å². The van der Waals surface area contributed by atoms with Crippen molar-refractivity contribution in [3.63, 3.8) is 0 Å². The van der Waals surface area contributed by atoms with Crippen LogP contribution in [0.4, 0.5) is 0 Å². The number of ether oxygens (including phenoxy) is 3. The summed E-state index contributed by atoms with van der Waals surface area (Å²) in [6.07, 6.45) is 3.24. The van der Waals surface area contributed by atoms with Crippen molar-refractivity contribution < 1.29 is 19.0 Å². The van der Waals surface area contributed by atoms with Gasteiger partial charge in [-0.3, -0.25) is 4.79 Å². The maximum Gasteiger partial charge on any atom is 0.244 e. The number of benzene rings is 2. The van der Waals surface area contributed by atoms with E-state index in [0.29, 0.717) is 12.3 Å². The fourth-order valence-corrected chi connectivity index (χ4v) is 2.18. The van der Waals surface area contributed by atoms with E-state index >= 15 is 0 Å². The molecule has 5 heteroatoms. The Labute approximate surface area is 134 Å². The van der Waals surface area contributed by atoms with Gasteiger partial charge in [-0.05, 0) is 41.5 Å². The largest absolute Gasteiger partial charge is 0.497 e. The van der Waals surface area contributed by atoms with E-state index in [0.717, 1.165) is 22.6 Å². The van der Waals surface area contributed by atoms with Crippen LogP contribution in [-0.4, -0.2) is 19.8 Å². The third-order valence-corrected chi connectivity index (χ3v) is 3.45. The second-order valence-electron chi connectivity index (χ2n) is 5.01. The molecular weight excluding hydrogens is 294 g/mol. The van der Waals surface area contributed by atoms with Gasteiger partial charge in [0.15, 0.2) is 11.5 Å². The van der Waals surface area contributed by atoms with Crippen LogP contribution in [0.15, 0.2) is 48.5 Å². The molecule has 1 amide bonds. The SMILES string of the molecule is COc1ccc(CNC(=O)/C=C/c2ccc3c(c2)OCO3)cc1. The highest BCUT2D eigenvalue weighted by atomic mass is 16.7. The standard InChI is InChI=1S/C18H17NO4/c1-21-15-6-2-14(3-7-15)11-19-18(20)9-5-13-4-8-16-17(10-13)23-12-22-16/h2-10H,11-12H2,1H3,(H,19,20)/b9-5+. The first-order valence-corrected chi connectivity index (χ1v) is 7.23. The molecule has 5 nitrogen and oxygen atoms in total. The zero-order chi connectivity index (χ0) is 16.1. The van der Waals surface area contributed by atoms with E-state index in [1.54, 1.807) is 13.2 Å². The van der Waals surface area contributed by atoms with Crippen LogP contribution in [0, 0.1) is 0 Å². The van der Waals surface area contributed by atoms with Crippen LogP contribution in [0.3, 0.4) is 0 Å². The average Bonchev–Trinajstić information content (AvgIpc) is 3.06. The monoisotopic (exact) mass is 311 g/mol. The Kier molecular flexibility index (Phi) is 4.47. The van der Waals surface area contributed by atoms with Gasteiger partial charge >= 0.3 is 0 Å². The van der Waals surface area contributed by atoms with E-state index in [1.165, 1.54) is 6.08 Å². The molecule has 1 N–H and O–H groups in total. The smallest absolute Gasteiger partial charge is 0.244 e. The second kappa shape index (κ2) is 6.87. The number of hydrogen-bond acceptors (Lipinski definition) is 4. The molecular formula is C18H17NO4. The van der Waals surface area contributed by atoms with Crippen molar-refractivity contribution in [2.75, 3.05) is 13.9 Å². The van der Waals surface area contributed by atoms with Crippen LogP contribution in [0.25, 0.3) is 6.08 Å². The summed E-state index contributed by atoms with van der Waals surface area (Å²) >= 11 is 0. The van der Waals surface area contributed by atoms with Crippen LogP contribution in [0.2, 0.25) is 0 Å². The summed E-state index contributed by atoms with van der Waals surface area (Å²) < 4.78 is 15.6. The number of fused-ring (bicyclic) bond motifs is 1. The number of amides is 1. The Balaban J connectivity index is 1.54. The molecule has 23 heavy (non-hydrogen) atoms. The lowest BCUT2D eigenvalue weighted by Gasteiger charge is -2.04. The lowest BCUT2D eigenvalue weighted by molar-refractivity contribution is -0.116. The molecule has 2 aromatic rings. The molecule has 0 radical (unpaired) electrons. The first-order valence-electron chi connectivity index (χ1n) is 7.23. The van der Waals surface area contributed by atoms with Gasteiger partial charge in [0, 0.05) is 12.6 Å². The quantitative estimate of drug-likeness (QED) is 0.863. The fourth-order valence-electron chi connectivity index (χ4n) is 2.18. The zero-order valence-electron chi connectivity index (χ0n) is 12.7. The number of nitrogens with one attached hydrogen (secondary N) is 1. The van der Waals surface area contributed by atoms with E-state index < -0.39 is 0 Å². The van der Waals surface area contributed by atoms with Crippen LogP contribution in [-0.2, 0) is 11.3 Å². The summed E-state index contributed by atoms with van der Waals surface area (Å²) in [6, 6.07) is 13.1. The van der Waals surface area contributed by atoms with Crippen LogP contribution in [0.1, 0.15) is 11.1 Å². The summed E-state index contributed by atoms with van der Waals surface area (Å²) in [5.41, 5.74) is 1.89. The summed E-state index contributed by atoms with van der Waals surface area (Å²) in [4.78, 5) is 11.9. The summed E-state index contributed by atoms with van der Waals surface area (Å²) in [7, 11) is 1.62. The highest BCUT2D eigenvalue weighted by Gasteiger charge is 2.12. The van der Waals surface area contributed by atoms with Crippen molar-refractivity contribution in [2.24, 2.45) is 0 Å². The molecule has 2 aromatic carbocycles. The van der Waals surface area contributed by atoms with Crippen molar-refractivity contribution >= 4 is 12.0 Å². The number of carbonyl (C=O) groups excluding carboxylic acids is 1. The van der Waals surface area contributed by atoms with Gasteiger partial charge in [0.05, 0.1) is 7.11 Å². The normalized spacial score (nSPS) is 12.4. The maximum absolute atomic E-state index is 11.9. The number of rotatable bonds is 5. The molecule has 0 aliphatic carbocycles. The average molecular weight is 311 g/mol. The van der Waals surface area contributed by atoms with E-state index in [4.69, 9.17) is 14.2 Å². The Bertz CT molecular complexity index is 722. The molecule has 1 aliphatic rings. The van der Waals surface area contributed by atoms with E-state index in [-0.39, 0.29) is 12.7 Å². The van der Waals surface area contributed by atoms with Gasteiger partial charge in [-0.1, -0.05) is 18.2 Å². The summed E-state index contributed by atoms with van der Waals surface area (Å²) in [6.45, 7) is 0.707. The highest BCUT2D eigenvalue weighted by Crippen LogP contribution is 2.32. The zero-order valence-corrected chi connectivity index (χ0v) is 12.7. The van der Waals surface area contributed by atoms with Crippen molar-refractivity contribution in [1.29, 1.82) is 0 Å². The molecule has 0 bridgehead atoms. The van der Waals surface area contributed by atoms with Crippen molar-refractivity contribution in [2.45, 2.75) is 6.54 Å². The lowest BCUT2D eigenvalue weighted by atomic mass is 10.2. The minimum atomic E-state index is -0.154. The van der Waals surface area contributed by atoms with Gasteiger partial charge < -0.3 is 19.5 Å². The van der Waals surface area contributed by atoms with Gasteiger partial charge in [0.25, 0.3) is 0 Å². The Morgan fingerprint density at radius 2 is 1.96 bits per heavy atom. The molecule has 1 heterocycles. The third kappa shape index (κ3) is 3.83. The third-order valence-electron chi connectivity index (χ3n) is 3.45. The maximum atomic E-state index is 11.9. The molecule has 0 saturated carbocycles. The van der Waals surface area contributed by atoms with E-state index in [2.05, 4.69) is 5.32 Å². The molecule has 1 aliphatic heterocycles. The van der Waals surface area contributed by atoms with Gasteiger partial charge in [-0.25, -0.2) is 0 Å². The van der Waals surface area contributed by atoms with E-state index in [9.17, 15) is 4.79 Å². The Hall–Kier alpha value is -2.95. The first-order chi connectivity index (χ1) is 11.2. The Morgan fingerprint density at radius 3 is 2.74 bits per heavy atom. The molecule has 0 unspecified atom stereocenters. The van der Waals surface area contributed by atoms with Crippen molar-refractivity contribution in [1.82, 2.24) is 5.32 Å². The molecule has 0 aromatic heterocycles. The molecule has 3 rings (SSSR count). The molecule has 0 spiro atoms. The topological polar surface area (TPSA) is 56.8 Å². The fraction of sp³-hybridized carbons (Fsp3) is 0.167. The van der Waals surface area contributed by atoms with Crippen molar-refractivity contribution in [3.8, 4) is 17.2 Å². The van der Waals surface area contributed by atoms with E-state index in [1.807, 2.05) is 42.5 Å². The summed E-state index contributed by atoms with van der Waals surface area (Å²) in [5.74, 6) is 2.07. The Morgan fingerprint density at radius 1 is 1.17 bits per heavy atom. The van der Waals surface area contributed by atoms with Gasteiger partial charge in [-0.2, -0.15) is 0 Å². The number of carbonyl (C=O) groups is 1. The second-order valence-corrected chi connectivity index (χ2v) is 5.01. The van der Waals surface area contributed by atoms with Gasteiger partial charge in [0.2, 0.25) is 12.7 Å². The first kappa shape index (κ1) is 15.0. The van der Waals surface area contributed by atoms with Gasteiger partial charge in [-0.15, -0.1) is 0 Å². The minimum Gasteiger partial charge on any atom is -0.497 e. The minimum absolute atomic E-state index is 0.154. The van der Waals surface area contributed by atoms with Gasteiger partial charge in [0.1, 0.15) is 5.75 Å². The lowest BCUT2D eigenvalue weighted by Crippen LogP contribution is -2.20. The number of methoxy groups -OCH3 is 1. The molecule has 0 atom stereocenters. The summed E-state index contributed by atoms with van der Waals surface area (Å²) in [5, 5.41) is 2.84. The predicted octanol–water partition coefficient (Wildman–Crippen LogP) is 2.75.